The zero-order valence-electron chi connectivity index (χ0n) is 18.0. The molecule has 8 heteroatoms. The number of amides is 1. The van der Waals surface area contributed by atoms with Crippen LogP contribution in [0.15, 0.2) is 72.8 Å². The molecule has 0 aliphatic carbocycles. The maximum Gasteiger partial charge on any atom is 0.337 e. The second kappa shape index (κ2) is 9.65. The number of hydrogen-bond donors (Lipinski definition) is 1. The number of rotatable bonds is 7. The van der Waals surface area contributed by atoms with Crippen LogP contribution in [0.25, 0.3) is 0 Å². The summed E-state index contributed by atoms with van der Waals surface area (Å²) in [5.41, 5.74) is 3.63. The third-order valence-corrected chi connectivity index (χ3v) is 6.10. The van der Waals surface area contributed by atoms with Gasteiger partial charge >= 0.3 is 5.97 Å². The Kier molecular flexibility index (Phi) is 6.95. The van der Waals surface area contributed by atoms with Crippen molar-refractivity contribution >= 4 is 33.3 Å². The fraction of sp³-hybridized carbons (Fsp3) is 0.167. The Balaban J connectivity index is 1.76. The van der Waals surface area contributed by atoms with Gasteiger partial charge < -0.3 is 10.1 Å². The van der Waals surface area contributed by atoms with E-state index in [1.54, 1.807) is 48.5 Å². The van der Waals surface area contributed by atoms with E-state index >= 15 is 0 Å². The van der Waals surface area contributed by atoms with Crippen LogP contribution < -0.4 is 9.62 Å². The number of nitrogens with one attached hydrogen (secondary N) is 1. The number of carbonyl (C=O) groups excluding carboxylic acids is 2. The Morgan fingerprint density at radius 3 is 2.06 bits per heavy atom. The molecule has 1 N–H and O–H groups in total. The van der Waals surface area contributed by atoms with Gasteiger partial charge in [0, 0.05) is 11.3 Å². The first-order valence-electron chi connectivity index (χ1n) is 9.81. The fourth-order valence-corrected chi connectivity index (χ4v) is 4.01. The van der Waals surface area contributed by atoms with E-state index in [1.807, 2.05) is 31.2 Å². The lowest BCUT2D eigenvalue weighted by molar-refractivity contribution is 0.0600. The molecule has 0 spiro atoms. The van der Waals surface area contributed by atoms with Gasteiger partial charge in [0.2, 0.25) is 10.0 Å². The standard InChI is InChI=1S/C24H24N2O5S/c1-17-6-4-5-7-20(17)16-26(32(3,29)30)22-14-10-18(11-15-22)23(27)25-21-12-8-19(9-13-21)24(28)31-2/h4-15H,16H2,1-3H3,(H,25,27). The van der Waals surface area contributed by atoms with Gasteiger partial charge in [-0.3, -0.25) is 9.10 Å². The van der Waals surface area contributed by atoms with E-state index in [0.29, 0.717) is 22.5 Å². The van der Waals surface area contributed by atoms with E-state index in [1.165, 1.54) is 11.4 Å². The highest BCUT2D eigenvalue weighted by molar-refractivity contribution is 7.92. The van der Waals surface area contributed by atoms with Gasteiger partial charge in [-0.2, -0.15) is 0 Å². The molecule has 0 fully saturated rings. The molecular formula is C24H24N2O5S. The molecule has 32 heavy (non-hydrogen) atoms. The number of aryl methyl sites for hydroxylation is 1. The Labute approximate surface area is 187 Å². The van der Waals surface area contributed by atoms with Crippen LogP contribution in [-0.2, 0) is 21.3 Å². The molecule has 3 aromatic carbocycles. The van der Waals surface area contributed by atoms with Crippen LogP contribution in [0, 0.1) is 6.92 Å². The summed E-state index contributed by atoms with van der Waals surface area (Å²) in [6.07, 6.45) is 1.16. The quantitative estimate of drug-likeness (QED) is 0.547. The van der Waals surface area contributed by atoms with Gasteiger partial charge in [-0.25, -0.2) is 13.2 Å². The van der Waals surface area contributed by atoms with E-state index in [-0.39, 0.29) is 12.5 Å². The predicted molar refractivity (Wildman–Crippen MR) is 124 cm³/mol. The van der Waals surface area contributed by atoms with Crippen molar-refractivity contribution < 1.29 is 22.7 Å². The molecule has 3 rings (SSSR count). The van der Waals surface area contributed by atoms with Crippen LogP contribution in [0.2, 0.25) is 0 Å². The Bertz CT molecular complexity index is 1220. The van der Waals surface area contributed by atoms with Crippen molar-refractivity contribution in [2.45, 2.75) is 13.5 Å². The lowest BCUT2D eigenvalue weighted by atomic mass is 10.1. The van der Waals surface area contributed by atoms with Crippen LogP contribution in [0.5, 0.6) is 0 Å². The maximum atomic E-state index is 12.6. The Hall–Kier alpha value is -3.65. The summed E-state index contributed by atoms with van der Waals surface area (Å²) < 4.78 is 30.8. The third kappa shape index (κ3) is 5.53. The number of hydrogen-bond acceptors (Lipinski definition) is 5. The first-order valence-corrected chi connectivity index (χ1v) is 11.7. The molecule has 0 aromatic heterocycles. The first-order chi connectivity index (χ1) is 15.2. The summed E-state index contributed by atoms with van der Waals surface area (Å²) in [5.74, 6) is -0.813. The van der Waals surface area contributed by atoms with Crippen LogP contribution in [0.4, 0.5) is 11.4 Å². The van der Waals surface area contributed by atoms with Crippen LogP contribution in [0.1, 0.15) is 31.8 Å². The van der Waals surface area contributed by atoms with Gasteiger partial charge in [0.1, 0.15) is 0 Å². The normalized spacial score (nSPS) is 11.0. The van der Waals surface area contributed by atoms with Crippen LogP contribution in [-0.4, -0.2) is 33.7 Å². The summed E-state index contributed by atoms with van der Waals surface area (Å²) in [7, 11) is -2.23. The molecule has 0 saturated heterocycles. The highest BCUT2D eigenvalue weighted by atomic mass is 32.2. The smallest absolute Gasteiger partial charge is 0.337 e. The fourth-order valence-electron chi connectivity index (χ4n) is 3.13. The lowest BCUT2D eigenvalue weighted by Crippen LogP contribution is -2.29. The minimum atomic E-state index is -3.53. The highest BCUT2D eigenvalue weighted by Gasteiger charge is 2.19. The van der Waals surface area contributed by atoms with Gasteiger partial charge in [-0.05, 0) is 66.6 Å². The van der Waals surface area contributed by atoms with Crippen LogP contribution >= 0.6 is 0 Å². The molecule has 7 nitrogen and oxygen atoms in total. The molecule has 0 aliphatic rings. The molecule has 166 valence electrons. The predicted octanol–water partition coefficient (Wildman–Crippen LogP) is 4.00. The monoisotopic (exact) mass is 452 g/mol. The number of benzene rings is 3. The van der Waals surface area contributed by atoms with Crippen molar-refractivity contribution in [3.63, 3.8) is 0 Å². The number of ether oxygens (including phenoxy) is 1. The average molecular weight is 453 g/mol. The second-order valence-corrected chi connectivity index (χ2v) is 9.17. The largest absolute Gasteiger partial charge is 0.465 e. The summed E-state index contributed by atoms with van der Waals surface area (Å²) in [5, 5.41) is 2.75. The Morgan fingerprint density at radius 2 is 1.50 bits per heavy atom. The minimum absolute atomic E-state index is 0.198. The van der Waals surface area contributed by atoms with Gasteiger partial charge in [0.05, 0.1) is 31.2 Å². The van der Waals surface area contributed by atoms with Gasteiger partial charge in [-0.1, -0.05) is 24.3 Å². The van der Waals surface area contributed by atoms with E-state index in [2.05, 4.69) is 10.1 Å². The number of esters is 1. The topological polar surface area (TPSA) is 92.8 Å². The zero-order valence-corrected chi connectivity index (χ0v) is 18.8. The number of sulfonamides is 1. The van der Waals surface area contributed by atoms with Crippen molar-refractivity contribution in [2.24, 2.45) is 0 Å². The molecule has 0 unspecified atom stereocenters. The van der Waals surface area contributed by atoms with Crippen molar-refractivity contribution in [1.29, 1.82) is 0 Å². The minimum Gasteiger partial charge on any atom is -0.465 e. The van der Waals surface area contributed by atoms with E-state index in [4.69, 9.17) is 0 Å². The number of carbonyl (C=O) groups is 2. The summed E-state index contributed by atoms with van der Waals surface area (Å²) >= 11 is 0. The maximum absolute atomic E-state index is 12.6. The molecule has 1 amide bonds. The molecule has 3 aromatic rings. The average Bonchev–Trinajstić information content (AvgIpc) is 2.78. The van der Waals surface area contributed by atoms with E-state index in [0.717, 1.165) is 17.4 Å². The molecule has 0 bridgehead atoms. The molecular weight excluding hydrogens is 428 g/mol. The number of nitrogens with zero attached hydrogens (tertiary/aromatic N) is 1. The van der Waals surface area contributed by atoms with E-state index < -0.39 is 16.0 Å². The van der Waals surface area contributed by atoms with Crippen molar-refractivity contribution in [1.82, 2.24) is 0 Å². The van der Waals surface area contributed by atoms with Crippen molar-refractivity contribution in [3.05, 3.63) is 95.1 Å². The summed E-state index contributed by atoms with van der Waals surface area (Å²) in [6, 6.07) is 20.3. The molecule has 0 atom stereocenters. The van der Waals surface area contributed by atoms with Crippen molar-refractivity contribution in [3.8, 4) is 0 Å². The molecule has 0 heterocycles. The number of anilines is 2. The SMILES string of the molecule is COC(=O)c1ccc(NC(=O)c2ccc(N(Cc3ccccc3C)S(C)(=O)=O)cc2)cc1. The Morgan fingerprint density at radius 1 is 0.906 bits per heavy atom. The van der Waals surface area contributed by atoms with Crippen molar-refractivity contribution in [2.75, 3.05) is 23.0 Å². The number of methoxy groups -OCH3 is 1. The van der Waals surface area contributed by atoms with E-state index in [9.17, 15) is 18.0 Å². The van der Waals surface area contributed by atoms with Gasteiger partial charge in [0.25, 0.3) is 5.91 Å². The van der Waals surface area contributed by atoms with Gasteiger partial charge in [-0.15, -0.1) is 0 Å². The molecule has 0 radical (unpaired) electrons. The second-order valence-electron chi connectivity index (χ2n) is 7.27. The molecule has 0 saturated carbocycles. The zero-order chi connectivity index (χ0) is 23.3. The third-order valence-electron chi connectivity index (χ3n) is 4.96. The van der Waals surface area contributed by atoms with Gasteiger partial charge in [0.15, 0.2) is 0 Å². The molecule has 0 aliphatic heterocycles. The summed E-state index contributed by atoms with van der Waals surface area (Å²) in [4.78, 5) is 24.1. The highest BCUT2D eigenvalue weighted by Crippen LogP contribution is 2.23. The lowest BCUT2D eigenvalue weighted by Gasteiger charge is -2.23. The first kappa shape index (κ1) is 23.0. The van der Waals surface area contributed by atoms with Crippen LogP contribution in [0.3, 0.4) is 0 Å². The summed E-state index contributed by atoms with van der Waals surface area (Å²) in [6.45, 7) is 2.13.